The normalized spacial score (nSPS) is 17.3. The second-order valence-electron chi connectivity index (χ2n) is 6.10. The van der Waals surface area contributed by atoms with E-state index in [0.29, 0.717) is 12.6 Å². The average molecular weight is 284 g/mol. The van der Waals surface area contributed by atoms with Crippen LogP contribution in [0.3, 0.4) is 0 Å². The third-order valence-corrected chi connectivity index (χ3v) is 4.03. The van der Waals surface area contributed by atoms with E-state index in [-0.39, 0.29) is 12.0 Å². The quantitative estimate of drug-likeness (QED) is 0.626. The largest absolute Gasteiger partial charge is 0.465 e. The van der Waals surface area contributed by atoms with Gasteiger partial charge < -0.3 is 15.0 Å². The standard InChI is InChI=1S/C16H32N2O2/c1-5-18(12-14-8-7-9-14)11-10-15(17-13(3)4)16(19)20-6-2/h13-15,17H,5-12H2,1-4H3. The van der Waals surface area contributed by atoms with E-state index in [1.54, 1.807) is 0 Å². The third kappa shape index (κ3) is 6.23. The second kappa shape index (κ2) is 9.35. The molecule has 0 spiro atoms. The molecule has 0 aromatic rings. The molecule has 0 amide bonds. The van der Waals surface area contributed by atoms with Crippen molar-refractivity contribution in [3.63, 3.8) is 0 Å². The summed E-state index contributed by atoms with van der Waals surface area (Å²) >= 11 is 0. The zero-order valence-corrected chi connectivity index (χ0v) is 13.7. The lowest BCUT2D eigenvalue weighted by Crippen LogP contribution is -2.44. The van der Waals surface area contributed by atoms with Gasteiger partial charge in [-0.15, -0.1) is 0 Å². The van der Waals surface area contributed by atoms with Gasteiger partial charge >= 0.3 is 5.97 Å². The van der Waals surface area contributed by atoms with Crippen LogP contribution in [0.25, 0.3) is 0 Å². The fourth-order valence-corrected chi connectivity index (χ4v) is 2.65. The Kier molecular flexibility index (Phi) is 8.15. The first kappa shape index (κ1) is 17.4. The van der Waals surface area contributed by atoms with Crippen molar-refractivity contribution in [3.8, 4) is 0 Å². The molecule has 0 bridgehead atoms. The van der Waals surface area contributed by atoms with Gasteiger partial charge in [0.1, 0.15) is 6.04 Å². The zero-order chi connectivity index (χ0) is 15.0. The number of carbonyl (C=O) groups is 1. The topological polar surface area (TPSA) is 41.6 Å². The predicted octanol–water partition coefficient (Wildman–Crippen LogP) is 2.43. The van der Waals surface area contributed by atoms with Crippen molar-refractivity contribution >= 4 is 5.97 Å². The number of nitrogens with zero attached hydrogens (tertiary/aromatic N) is 1. The van der Waals surface area contributed by atoms with Crippen molar-refractivity contribution in [1.82, 2.24) is 10.2 Å². The number of rotatable bonds is 10. The molecule has 4 nitrogen and oxygen atoms in total. The van der Waals surface area contributed by atoms with Crippen LogP contribution >= 0.6 is 0 Å². The van der Waals surface area contributed by atoms with Gasteiger partial charge in [-0.25, -0.2) is 0 Å². The van der Waals surface area contributed by atoms with E-state index < -0.39 is 0 Å². The molecule has 118 valence electrons. The molecule has 0 aliphatic heterocycles. The van der Waals surface area contributed by atoms with Gasteiger partial charge in [0.05, 0.1) is 6.61 Å². The lowest BCUT2D eigenvalue weighted by atomic mass is 9.85. The smallest absolute Gasteiger partial charge is 0.323 e. The van der Waals surface area contributed by atoms with Gasteiger partial charge in [-0.05, 0) is 38.6 Å². The van der Waals surface area contributed by atoms with Gasteiger partial charge in [0.15, 0.2) is 0 Å². The molecular formula is C16H32N2O2. The molecule has 1 fully saturated rings. The van der Waals surface area contributed by atoms with Crippen molar-refractivity contribution in [2.24, 2.45) is 5.92 Å². The molecule has 1 N–H and O–H groups in total. The molecule has 1 rings (SSSR count). The van der Waals surface area contributed by atoms with Crippen LogP contribution < -0.4 is 5.32 Å². The number of hydrogen-bond donors (Lipinski definition) is 1. The van der Waals surface area contributed by atoms with E-state index in [2.05, 4.69) is 31.0 Å². The summed E-state index contributed by atoms with van der Waals surface area (Å²) in [4.78, 5) is 14.4. The molecule has 4 heteroatoms. The third-order valence-electron chi connectivity index (χ3n) is 4.03. The lowest BCUT2D eigenvalue weighted by Gasteiger charge is -2.32. The van der Waals surface area contributed by atoms with Crippen LogP contribution in [0.5, 0.6) is 0 Å². The van der Waals surface area contributed by atoms with Crippen LogP contribution in [0.15, 0.2) is 0 Å². The second-order valence-corrected chi connectivity index (χ2v) is 6.10. The summed E-state index contributed by atoms with van der Waals surface area (Å²) in [5, 5.41) is 3.32. The van der Waals surface area contributed by atoms with E-state index in [4.69, 9.17) is 4.74 Å². The van der Waals surface area contributed by atoms with Crippen molar-refractivity contribution in [3.05, 3.63) is 0 Å². The number of hydrogen-bond acceptors (Lipinski definition) is 4. The van der Waals surface area contributed by atoms with Crippen LogP contribution in [0.4, 0.5) is 0 Å². The monoisotopic (exact) mass is 284 g/mol. The summed E-state index contributed by atoms with van der Waals surface area (Å²) in [6, 6.07) is 0.122. The number of carbonyl (C=O) groups excluding carboxylic acids is 1. The van der Waals surface area contributed by atoms with Crippen LogP contribution in [0, 0.1) is 5.92 Å². The minimum atomic E-state index is -0.176. The molecule has 0 radical (unpaired) electrons. The highest BCUT2D eigenvalue weighted by Crippen LogP contribution is 2.27. The van der Waals surface area contributed by atoms with Gasteiger partial charge in [0, 0.05) is 19.1 Å². The van der Waals surface area contributed by atoms with Crippen LogP contribution in [0.2, 0.25) is 0 Å². The SMILES string of the molecule is CCOC(=O)C(CCN(CC)CC1CCC1)NC(C)C. The maximum atomic E-state index is 12.0. The molecule has 0 aromatic heterocycles. The molecule has 0 heterocycles. The summed E-state index contributed by atoms with van der Waals surface area (Å²) in [6.45, 7) is 11.9. The van der Waals surface area contributed by atoms with Gasteiger partial charge in [-0.2, -0.15) is 0 Å². The number of nitrogens with one attached hydrogen (secondary N) is 1. The summed E-state index contributed by atoms with van der Waals surface area (Å²) in [6.07, 6.45) is 4.98. The minimum absolute atomic E-state index is 0.110. The first-order valence-electron chi connectivity index (χ1n) is 8.21. The van der Waals surface area contributed by atoms with Gasteiger partial charge in [0.25, 0.3) is 0 Å². The Bertz CT molecular complexity index is 278. The van der Waals surface area contributed by atoms with Crippen molar-refractivity contribution in [2.45, 2.75) is 65.5 Å². The van der Waals surface area contributed by atoms with Crippen LogP contribution in [-0.4, -0.2) is 49.2 Å². The summed E-state index contributed by atoms with van der Waals surface area (Å²) in [5.74, 6) is 0.773. The summed E-state index contributed by atoms with van der Waals surface area (Å²) in [5.41, 5.74) is 0. The van der Waals surface area contributed by atoms with E-state index >= 15 is 0 Å². The highest BCUT2D eigenvalue weighted by atomic mass is 16.5. The Labute approximate surface area is 124 Å². The Morgan fingerprint density at radius 2 is 2.05 bits per heavy atom. The van der Waals surface area contributed by atoms with Gasteiger partial charge in [0.2, 0.25) is 0 Å². The van der Waals surface area contributed by atoms with Crippen LogP contribution in [0.1, 0.15) is 53.4 Å². The molecule has 0 saturated heterocycles. The van der Waals surface area contributed by atoms with Crippen molar-refractivity contribution < 1.29 is 9.53 Å². The Hall–Kier alpha value is -0.610. The van der Waals surface area contributed by atoms with Gasteiger partial charge in [-0.3, -0.25) is 4.79 Å². The Balaban J connectivity index is 2.39. The first-order valence-corrected chi connectivity index (χ1v) is 8.21. The zero-order valence-electron chi connectivity index (χ0n) is 13.7. The molecule has 1 atom stereocenters. The van der Waals surface area contributed by atoms with Crippen LogP contribution in [-0.2, 0) is 9.53 Å². The summed E-state index contributed by atoms with van der Waals surface area (Å²) < 4.78 is 5.16. The maximum Gasteiger partial charge on any atom is 0.323 e. The maximum absolute atomic E-state index is 12.0. The molecule has 1 saturated carbocycles. The molecule has 1 unspecified atom stereocenters. The van der Waals surface area contributed by atoms with E-state index in [1.807, 2.05) is 6.92 Å². The minimum Gasteiger partial charge on any atom is -0.465 e. The average Bonchev–Trinajstić information content (AvgIpc) is 2.35. The van der Waals surface area contributed by atoms with E-state index in [1.165, 1.54) is 25.8 Å². The Morgan fingerprint density at radius 3 is 2.50 bits per heavy atom. The molecule has 20 heavy (non-hydrogen) atoms. The summed E-state index contributed by atoms with van der Waals surface area (Å²) in [7, 11) is 0. The fourth-order valence-electron chi connectivity index (χ4n) is 2.65. The Morgan fingerprint density at radius 1 is 1.35 bits per heavy atom. The molecule has 0 aromatic carbocycles. The predicted molar refractivity (Wildman–Crippen MR) is 82.8 cm³/mol. The molecule has 1 aliphatic rings. The lowest BCUT2D eigenvalue weighted by molar-refractivity contribution is -0.146. The van der Waals surface area contributed by atoms with Gasteiger partial charge in [-0.1, -0.05) is 27.2 Å². The van der Waals surface area contributed by atoms with Crippen molar-refractivity contribution in [2.75, 3.05) is 26.2 Å². The highest BCUT2D eigenvalue weighted by molar-refractivity contribution is 5.75. The highest BCUT2D eigenvalue weighted by Gasteiger charge is 2.23. The molecular weight excluding hydrogens is 252 g/mol. The van der Waals surface area contributed by atoms with E-state index in [9.17, 15) is 4.79 Å². The van der Waals surface area contributed by atoms with Crippen molar-refractivity contribution in [1.29, 1.82) is 0 Å². The number of ether oxygens (including phenoxy) is 1. The molecule has 1 aliphatic carbocycles. The number of esters is 1. The van der Waals surface area contributed by atoms with E-state index in [0.717, 1.165) is 25.4 Å². The fraction of sp³-hybridized carbons (Fsp3) is 0.938. The first-order chi connectivity index (χ1) is 9.56.